The molecule has 0 aliphatic carbocycles. The Bertz CT molecular complexity index is 478. The molecule has 0 saturated carbocycles. The van der Waals surface area contributed by atoms with E-state index in [9.17, 15) is 0 Å². The lowest BCUT2D eigenvalue weighted by Gasteiger charge is -2.11. The van der Waals surface area contributed by atoms with E-state index >= 15 is 0 Å². The molecule has 5 nitrogen and oxygen atoms in total. The molecule has 17 heavy (non-hydrogen) atoms. The van der Waals surface area contributed by atoms with Gasteiger partial charge >= 0.3 is 0 Å². The van der Waals surface area contributed by atoms with Crippen molar-refractivity contribution in [3.63, 3.8) is 0 Å². The van der Waals surface area contributed by atoms with Gasteiger partial charge in [-0.25, -0.2) is 9.97 Å². The van der Waals surface area contributed by atoms with Gasteiger partial charge in [-0.1, -0.05) is 6.07 Å². The van der Waals surface area contributed by atoms with Crippen LogP contribution in [0.4, 0.5) is 0 Å². The lowest BCUT2D eigenvalue weighted by molar-refractivity contribution is 0.397. The minimum Gasteiger partial charge on any atom is -0.481 e. The van der Waals surface area contributed by atoms with Gasteiger partial charge in [-0.3, -0.25) is 0 Å². The molecule has 0 aliphatic rings. The molecule has 2 rings (SSSR count). The topological polar surface area (TPSA) is 66.0 Å². The summed E-state index contributed by atoms with van der Waals surface area (Å²) < 4.78 is 6.94. The summed E-state index contributed by atoms with van der Waals surface area (Å²) in [6, 6.07) is 3.68. The van der Waals surface area contributed by atoms with Crippen molar-refractivity contribution in [1.82, 2.24) is 14.5 Å². The van der Waals surface area contributed by atoms with Crippen LogP contribution in [0.1, 0.15) is 17.4 Å². The van der Waals surface area contributed by atoms with Crippen LogP contribution in [-0.2, 0) is 13.5 Å². The zero-order valence-electron chi connectivity index (χ0n) is 10.00. The van der Waals surface area contributed by atoms with Gasteiger partial charge in [0.25, 0.3) is 0 Å². The van der Waals surface area contributed by atoms with Gasteiger partial charge in [0.2, 0.25) is 5.88 Å². The summed E-state index contributed by atoms with van der Waals surface area (Å²) >= 11 is 0. The first kappa shape index (κ1) is 11.6. The molecule has 5 heteroatoms. The first-order valence-corrected chi connectivity index (χ1v) is 5.42. The Balaban J connectivity index is 2.07. The fourth-order valence-corrected chi connectivity index (χ4v) is 1.73. The van der Waals surface area contributed by atoms with E-state index in [-0.39, 0.29) is 6.04 Å². The molecule has 2 heterocycles. The Morgan fingerprint density at radius 2 is 2.24 bits per heavy atom. The van der Waals surface area contributed by atoms with E-state index in [1.165, 1.54) is 0 Å². The molecule has 0 saturated heterocycles. The zero-order valence-corrected chi connectivity index (χ0v) is 10.00. The summed E-state index contributed by atoms with van der Waals surface area (Å²) in [7, 11) is 3.54. The summed E-state index contributed by atoms with van der Waals surface area (Å²) in [6.45, 7) is 0. The molecule has 0 fully saturated rings. The van der Waals surface area contributed by atoms with Gasteiger partial charge in [-0.05, 0) is 12.0 Å². The summed E-state index contributed by atoms with van der Waals surface area (Å²) in [5.41, 5.74) is 7.17. The Labute approximate surface area is 100 Å². The van der Waals surface area contributed by atoms with Crippen molar-refractivity contribution in [2.75, 3.05) is 7.11 Å². The fourth-order valence-electron chi connectivity index (χ4n) is 1.73. The van der Waals surface area contributed by atoms with E-state index in [0.717, 1.165) is 11.4 Å². The summed E-state index contributed by atoms with van der Waals surface area (Å²) in [5, 5.41) is 0. The van der Waals surface area contributed by atoms with E-state index in [2.05, 4.69) is 9.97 Å². The highest BCUT2D eigenvalue weighted by atomic mass is 16.5. The standard InChI is InChI=1S/C12H16N4O/c1-16-6-5-14-12(16)10(13)7-9-3-4-11(17-2)15-8-9/h3-6,8,10H,7,13H2,1-2H3. The minimum atomic E-state index is -0.120. The van der Waals surface area contributed by atoms with Gasteiger partial charge in [-0.2, -0.15) is 0 Å². The first-order chi connectivity index (χ1) is 8.20. The molecule has 0 aromatic carbocycles. The third kappa shape index (κ3) is 2.62. The van der Waals surface area contributed by atoms with Crippen molar-refractivity contribution in [3.05, 3.63) is 42.1 Å². The predicted molar refractivity (Wildman–Crippen MR) is 64.6 cm³/mol. The van der Waals surface area contributed by atoms with Crippen molar-refractivity contribution in [2.45, 2.75) is 12.5 Å². The number of aromatic nitrogens is 3. The predicted octanol–water partition coefficient (Wildman–Crippen LogP) is 1.07. The largest absolute Gasteiger partial charge is 0.481 e. The molecule has 90 valence electrons. The van der Waals surface area contributed by atoms with Crippen LogP contribution in [0.3, 0.4) is 0 Å². The number of pyridine rings is 1. The maximum absolute atomic E-state index is 6.10. The van der Waals surface area contributed by atoms with Crippen molar-refractivity contribution in [2.24, 2.45) is 12.8 Å². The number of imidazole rings is 1. The van der Waals surface area contributed by atoms with E-state index < -0.39 is 0 Å². The van der Waals surface area contributed by atoms with E-state index in [4.69, 9.17) is 10.5 Å². The maximum Gasteiger partial charge on any atom is 0.212 e. The Kier molecular flexibility index (Phi) is 3.39. The second-order valence-corrected chi connectivity index (χ2v) is 3.92. The number of aryl methyl sites for hydroxylation is 1. The number of ether oxygens (including phenoxy) is 1. The first-order valence-electron chi connectivity index (χ1n) is 5.42. The number of methoxy groups -OCH3 is 1. The molecule has 1 atom stereocenters. The lowest BCUT2D eigenvalue weighted by Crippen LogP contribution is -2.17. The van der Waals surface area contributed by atoms with E-state index in [1.54, 1.807) is 19.5 Å². The summed E-state index contributed by atoms with van der Waals surface area (Å²) in [6.07, 6.45) is 6.13. The van der Waals surface area contributed by atoms with Crippen LogP contribution in [0.5, 0.6) is 5.88 Å². The fraction of sp³-hybridized carbons (Fsp3) is 0.333. The second-order valence-electron chi connectivity index (χ2n) is 3.92. The highest BCUT2D eigenvalue weighted by Crippen LogP contribution is 2.15. The maximum atomic E-state index is 6.10. The number of nitrogens with zero attached hydrogens (tertiary/aromatic N) is 3. The molecule has 0 aliphatic heterocycles. The van der Waals surface area contributed by atoms with Gasteiger partial charge in [-0.15, -0.1) is 0 Å². The second kappa shape index (κ2) is 4.97. The Morgan fingerprint density at radius 1 is 1.41 bits per heavy atom. The smallest absolute Gasteiger partial charge is 0.212 e. The molecule has 0 spiro atoms. The van der Waals surface area contributed by atoms with Crippen molar-refractivity contribution < 1.29 is 4.74 Å². The normalized spacial score (nSPS) is 12.4. The van der Waals surface area contributed by atoms with Crippen molar-refractivity contribution in [3.8, 4) is 5.88 Å². The SMILES string of the molecule is COc1ccc(CC(N)c2nccn2C)cn1. The number of nitrogens with two attached hydrogens (primary N) is 1. The van der Waals surface area contributed by atoms with E-state index in [0.29, 0.717) is 12.3 Å². The average Bonchev–Trinajstić information content (AvgIpc) is 2.76. The third-order valence-corrected chi connectivity index (χ3v) is 2.65. The molecular weight excluding hydrogens is 216 g/mol. The monoisotopic (exact) mass is 232 g/mol. The Hall–Kier alpha value is -1.88. The van der Waals surface area contributed by atoms with Crippen LogP contribution in [0.25, 0.3) is 0 Å². The number of hydrogen-bond acceptors (Lipinski definition) is 4. The van der Waals surface area contributed by atoms with Gasteiger partial charge in [0.1, 0.15) is 5.82 Å². The molecule has 0 radical (unpaired) electrons. The molecule has 0 amide bonds. The lowest BCUT2D eigenvalue weighted by atomic mass is 10.1. The third-order valence-electron chi connectivity index (χ3n) is 2.65. The van der Waals surface area contributed by atoms with Gasteiger partial charge in [0, 0.05) is 31.7 Å². The van der Waals surface area contributed by atoms with Crippen LogP contribution in [-0.4, -0.2) is 21.6 Å². The molecule has 1 unspecified atom stereocenters. The minimum absolute atomic E-state index is 0.120. The van der Waals surface area contributed by atoms with Crippen LogP contribution in [0.2, 0.25) is 0 Å². The number of hydrogen-bond donors (Lipinski definition) is 1. The van der Waals surface area contributed by atoms with Crippen molar-refractivity contribution >= 4 is 0 Å². The van der Waals surface area contributed by atoms with Crippen LogP contribution < -0.4 is 10.5 Å². The number of rotatable bonds is 4. The van der Waals surface area contributed by atoms with Crippen LogP contribution >= 0.6 is 0 Å². The van der Waals surface area contributed by atoms with Gasteiger partial charge in [0.15, 0.2) is 0 Å². The summed E-state index contributed by atoms with van der Waals surface area (Å²) in [5.74, 6) is 1.49. The zero-order chi connectivity index (χ0) is 12.3. The van der Waals surface area contributed by atoms with Crippen LogP contribution in [0, 0.1) is 0 Å². The summed E-state index contributed by atoms with van der Waals surface area (Å²) in [4.78, 5) is 8.39. The highest BCUT2D eigenvalue weighted by molar-refractivity contribution is 5.19. The van der Waals surface area contributed by atoms with Gasteiger partial charge in [0.05, 0.1) is 13.2 Å². The molecule has 2 N–H and O–H groups in total. The van der Waals surface area contributed by atoms with E-state index in [1.807, 2.05) is 29.9 Å². The average molecular weight is 232 g/mol. The molecule has 2 aromatic heterocycles. The van der Waals surface area contributed by atoms with Crippen LogP contribution in [0.15, 0.2) is 30.7 Å². The molecule has 0 bridgehead atoms. The molecular formula is C12H16N4O. The quantitative estimate of drug-likeness (QED) is 0.856. The highest BCUT2D eigenvalue weighted by Gasteiger charge is 2.11. The van der Waals surface area contributed by atoms with Crippen molar-refractivity contribution in [1.29, 1.82) is 0 Å². The Morgan fingerprint density at radius 3 is 2.76 bits per heavy atom. The van der Waals surface area contributed by atoms with Gasteiger partial charge < -0.3 is 15.0 Å². The molecule has 2 aromatic rings.